The van der Waals surface area contributed by atoms with Gasteiger partial charge in [-0.3, -0.25) is 4.57 Å². The van der Waals surface area contributed by atoms with Crippen LogP contribution in [0.2, 0.25) is 0 Å². The zero-order valence-corrected chi connectivity index (χ0v) is 12.0. The summed E-state index contributed by atoms with van der Waals surface area (Å²) in [6.45, 7) is 0. The Kier molecular flexibility index (Phi) is 3.43. The van der Waals surface area contributed by atoms with Crippen molar-refractivity contribution in [3.05, 3.63) is 30.3 Å². The molecule has 0 fully saturated rings. The van der Waals surface area contributed by atoms with Crippen LogP contribution in [0.1, 0.15) is 0 Å². The molecule has 0 amide bonds. The van der Waals surface area contributed by atoms with Crippen molar-refractivity contribution in [2.75, 3.05) is 0 Å². The van der Waals surface area contributed by atoms with Gasteiger partial charge in [0.2, 0.25) is 0 Å². The lowest BCUT2D eigenvalue weighted by molar-refractivity contribution is 0.428. The molecule has 0 aliphatic rings. The van der Waals surface area contributed by atoms with Gasteiger partial charge in [-0.2, -0.15) is 0 Å². The predicted molar refractivity (Wildman–Crippen MR) is 55.7 cm³/mol. The molecule has 66 valence electrons. The van der Waals surface area contributed by atoms with Gasteiger partial charge in [-0.1, -0.05) is 18.2 Å². The van der Waals surface area contributed by atoms with E-state index in [2.05, 4.69) is 0 Å². The molecule has 0 saturated heterocycles. The van der Waals surface area contributed by atoms with E-state index in [4.69, 9.17) is 8.43 Å². The molecule has 1 rings (SSSR count). The molecular formula is C6H11O3PSi2. The van der Waals surface area contributed by atoms with Crippen molar-refractivity contribution in [1.29, 1.82) is 0 Å². The third-order valence-electron chi connectivity index (χ3n) is 1.55. The molecule has 3 nitrogen and oxygen atoms in total. The number of hydrogen-bond acceptors (Lipinski definition) is 3. The van der Waals surface area contributed by atoms with Crippen molar-refractivity contribution in [3.63, 3.8) is 0 Å². The fourth-order valence-electron chi connectivity index (χ4n) is 0.896. The van der Waals surface area contributed by atoms with E-state index in [-0.39, 0.29) is 0 Å². The summed E-state index contributed by atoms with van der Waals surface area (Å²) in [5, 5.41) is 0.648. The lowest BCUT2D eigenvalue weighted by Crippen LogP contribution is -2.07. The Balaban J connectivity index is 3.04. The van der Waals surface area contributed by atoms with Gasteiger partial charge in [-0.05, 0) is 12.1 Å². The molecule has 1 aromatic rings. The molecule has 0 saturated carbocycles. The average molecular weight is 218 g/mol. The fourth-order valence-corrected chi connectivity index (χ4v) is 5.06. The lowest BCUT2D eigenvalue weighted by Gasteiger charge is -2.14. The van der Waals surface area contributed by atoms with Crippen LogP contribution in [-0.4, -0.2) is 21.0 Å². The maximum Gasteiger partial charge on any atom is 0.340 e. The van der Waals surface area contributed by atoms with Crippen LogP contribution in [-0.2, 0) is 13.0 Å². The van der Waals surface area contributed by atoms with Crippen LogP contribution in [0.15, 0.2) is 30.3 Å². The Hall–Kier alpha value is -0.196. The fraction of sp³-hybridized carbons (Fsp3) is 0. The van der Waals surface area contributed by atoms with Gasteiger partial charge in [-0.25, -0.2) is 0 Å². The molecule has 0 radical (unpaired) electrons. The molecule has 0 atom stereocenters. The molecule has 0 spiro atoms. The van der Waals surface area contributed by atoms with E-state index in [9.17, 15) is 4.57 Å². The first-order valence-electron chi connectivity index (χ1n) is 3.50. The van der Waals surface area contributed by atoms with E-state index < -0.39 is 7.60 Å². The van der Waals surface area contributed by atoms with E-state index in [1.807, 2.05) is 18.2 Å². The van der Waals surface area contributed by atoms with Gasteiger partial charge in [-0.15, -0.1) is 0 Å². The highest BCUT2D eigenvalue weighted by atomic mass is 31.2. The minimum atomic E-state index is -2.91. The Labute approximate surface area is 77.7 Å². The largest absolute Gasteiger partial charge is 0.360 e. The van der Waals surface area contributed by atoms with Gasteiger partial charge in [0.15, 0.2) is 21.0 Å². The number of hydrogen-bond donors (Lipinski definition) is 0. The Morgan fingerprint density at radius 3 is 2.00 bits per heavy atom. The lowest BCUT2D eigenvalue weighted by atomic mass is 10.4. The van der Waals surface area contributed by atoms with Crippen LogP contribution in [0.4, 0.5) is 0 Å². The molecule has 0 unspecified atom stereocenters. The first-order chi connectivity index (χ1) is 5.73. The standard InChI is InChI=1S/C6H11O3PSi2/c7-10(8-11,9-12)6-4-2-1-3-5-6/h1-5H,11-12H3. The second kappa shape index (κ2) is 4.16. The topological polar surface area (TPSA) is 35.5 Å². The highest BCUT2D eigenvalue weighted by Crippen LogP contribution is 2.44. The predicted octanol–water partition coefficient (Wildman–Crippen LogP) is -0.901. The Morgan fingerprint density at radius 1 is 1.08 bits per heavy atom. The van der Waals surface area contributed by atoms with E-state index in [0.717, 1.165) is 0 Å². The molecule has 0 aliphatic heterocycles. The van der Waals surface area contributed by atoms with Crippen LogP contribution < -0.4 is 5.30 Å². The summed E-state index contributed by atoms with van der Waals surface area (Å²) in [4.78, 5) is 0. The SMILES string of the molecule is O=P(O[SiH3])(O[SiH3])c1ccccc1. The van der Waals surface area contributed by atoms with Gasteiger partial charge >= 0.3 is 7.60 Å². The third-order valence-corrected chi connectivity index (χ3v) is 6.33. The van der Waals surface area contributed by atoms with Crippen molar-refractivity contribution >= 4 is 33.9 Å². The molecule has 12 heavy (non-hydrogen) atoms. The zero-order valence-electron chi connectivity index (χ0n) is 7.06. The Morgan fingerprint density at radius 2 is 1.58 bits per heavy atom. The maximum atomic E-state index is 11.8. The minimum absolute atomic E-state index is 0.425. The quantitative estimate of drug-likeness (QED) is 0.487. The van der Waals surface area contributed by atoms with Crippen LogP contribution in [0, 0.1) is 0 Å². The summed E-state index contributed by atoms with van der Waals surface area (Å²) in [5.41, 5.74) is 0. The molecule has 6 heteroatoms. The maximum absolute atomic E-state index is 11.8. The first-order valence-corrected chi connectivity index (χ1v) is 6.67. The van der Waals surface area contributed by atoms with E-state index in [0.29, 0.717) is 26.3 Å². The van der Waals surface area contributed by atoms with E-state index >= 15 is 0 Å². The molecule has 0 N–H and O–H groups in total. The summed E-state index contributed by atoms with van der Waals surface area (Å²) < 4.78 is 21.7. The summed E-state index contributed by atoms with van der Waals surface area (Å²) >= 11 is 0. The second-order valence-corrected chi connectivity index (χ2v) is 6.63. The molecule has 0 bridgehead atoms. The summed E-state index contributed by atoms with van der Waals surface area (Å²) in [7, 11) is -2.06. The van der Waals surface area contributed by atoms with Gasteiger partial charge in [0.05, 0.1) is 5.30 Å². The second-order valence-electron chi connectivity index (χ2n) is 2.20. The average Bonchev–Trinajstić information content (AvgIpc) is 2.18. The normalized spacial score (nSPS) is 16.0. The monoisotopic (exact) mass is 218 g/mol. The molecular weight excluding hydrogens is 207 g/mol. The highest BCUT2D eigenvalue weighted by Gasteiger charge is 2.21. The molecule has 0 aromatic heterocycles. The Bertz CT molecular complexity index is 282. The number of rotatable bonds is 3. The van der Waals surface area contributed by atoms with E-state index in [1.165, 1.54) is 0 Å². The van der Waals surface area contributed by atoms with Crippen LogP contribution >= 0.6 is 7.60 Å². The number of benzene rings is 1. The van der Waals surface area contributed by atoms with Crippen LogP contribution in [0.3, 0.4) is 0 Å². The minimum Gasteiger partial charge on any atom is -0.360 e. The zero-order chi connectivity index (χ0) is 9.03. The smallest absolute Gasteiger partial charge is 0.340 e. The van der Waals surface area contributed by atoms with Crippen LogP contribution in [0.25, 0.3) is 0 Å². The van der Waals surface area contributed by atoms with Gasteiger partial charge in [0.25, 0.3) is 0 Å². The highest BCUT2D eigenvalue weighted by molar-refractivity contribution is 7.63. The molecule has 1 aromatic carbocycles. The van der Waals surface area contributed by atoms with Gasteiger partial charge in [0, 0.05) is 0 Å². The summed E-state index contributed by atoms with van der Waals surface area (Å²) in [6, 6.07) is 9.04. The summed E-state index contributed by atoms with van der Waals surface area (Å²) in [5.74, 6) is 0. The third kappa shape index (κ3) is 1.94. The van der Waals surface area contributed by atoms with Crippen LogP contribution in [0.5, 0.6) is 0 Å². The van der Waals surface area contributed by atoms with Crippen molar-refractivity contribution in [2.45, 2.75) is 0 Å². The van der Waals surface area contributed by atoms with Crippen molar-refractivity contribution < 1.29 is 13.0 Å². The van der Waals surface area contributed by atoms with Crippen molar-refractivity contribution in [3.8, 4) is 0 Å². The van der Waals surface area contributed by atoms with Crippen molar-refractivity contribution in [1.82, 2.24) is 0 Å². The van der Waals surface area contributed by atoms with E-state index in [1.54, 1.807) is 12.1 Å². The van der Waals surface area contributed by atoms with Gasteiger partial charge < -0.3 is 8.43 Å². The van der Waals surface area contributed by atoms with Crippen molar-refractivity contribution in [2.24, 2.45) is 0 Å². The summed E-state index contributed by atoms with van der Waals surface area (Å²) in [6.07, 6.45) is 0. The van der Waals surface area contributed by atoms with Gasteiger partial charge in [0.1, 0.15) is 0 Å². The molecule has 0 aliphatic carbocycles. The molecule has 0 heterocycles. The first kappa shape index (κ1) is 9.89.